The van der Waals surface area contributed by atoms with E-state index in [2.05, 4.69) is 16.0 Å². The number of nitrogens with zero attached hydrogens (tertiary/aromatic N) is 1. The van der Waals surface area contributed by atoms with Crippen molar-refractivity contribution in [2.24, 2.45) is 10.8 Å². The molecule has 3 rings (SSSR count). The number of alkyl halides is 2. The average molecular weight is 571 g/mol. The van der Waals surface area contributed by atoms with Crippen molar-refractivity contribution in [3.05, 3.63) is 0 Å². The number of rotatable bonds is 10. The van der Waals surface area contributed by atoms with Gasteiger partial charge in [0, 0.05) is 19.0 Å². The van der Waals surface area contributed by atoms with E-state index >= 15 is 0 Å². The molecule has 12 heteroatoms. The zero-order chi connectivity index (χ0) is 29.9. The molecule has 1 saturated heterocycles. The Balaban J connectivity index is 1.87. The van der Waals surface area contributed by atoms with Crippen LogP contribution in [0.15, 0.2) is 0 Å². The molecule has 0 radical (unpaired) electrons. The number of carbonyl (C=O) groups is 5. The van der Waals surface area contributed by atoms with E-state index in [-0.39, 0.29) is 11.5 Å². The van der Waals surface area contributed by atoms with Crippen LogP contribution in [0.25, 0.3) is 0 Å². The maximum Gasteiger partial charge on any atom is 0.407 e. The molecule has 1 spiro atoms. The monoisotopic (exact) mass is 570 g/mol. The lowest BCUT2D eigenvalue weighted by Gasteiger charge is -2.36. The first-order chi connectivity index (χ1) is 18.5. The minimum Gasteiger partial charge on any atom is -0.453 e. The van der Waals surface area contributed by atoms with Crippen molar-refractivity contribution in [2.75, 3.05) is 13.7 Å². The molecule has 40 heavy (non-hydrogen) atoms. The number of likely N-dealkylation sites (tertiary alicyclic amines) is 1. The zero-order valence-corrected chi connectivity index (χ0v) is 24.2. The van der Waals surface area contributed by atoms with Gasteiger partial charge in [0.1, 0.15) is 12.1 Å². The smallest absolute Gasteiger partial charge is 0.407 e. The van der Waals surface area contributed by atoms with Gasteiger partial charge >= 0.3 is 6.09 Å². The molecule has 1 aliphatic heterocycles. The maximum absolute atomic E-state index is 13.9. The molecule has 226 valence electrons. The number of amides is 4. The van der Waals surface area contributed by atoms with Crippen LogP contribution in [0.5, 0.6) is 0 Å². The molecule has 2 aliphatic carbocycles. The van der Waals surface area contributed by atoms with Crippen LogP contribution in [0.3, 0.4) is 0 Å². The van der Waals surface area contributed by atoms with Crippen LogP contribution in [0.2, 0.25) is 0 Å². The van der Waals surface area contributed by atoms with Crippen molar-refractivity contribution in [2.45, 2.75) is 122 Å². The minimum absolute atomic E-state index is 0.119. The molecule has 2 saturated carbocycles. The van der Waals surface area contributed by atoms with Crippen molar-refractivity contribution < 1.29 is 37.5 Å². The standard InChI is InChI=1S/C28H44F2N4O6/c1-26(2,3)21(33-25(39)40-5)24(38)34-16-28(12-7-6-8-13-28)15-19(34)22(36)32-18(11-14-27(4,29)30)20(35)23(37)31-17-9-10-17/h17-19,21H,6-16H2,1-5H3,(H,31,37)(H,32,36)(H,33,39)/t18-,19-,21+/m0/s1. The Hall–Kier alpha value is -2.79. The van der Waals surface area contributed by atoms with Gasteiger partial charge in [-0.2, -0.15) is 0 Å². The Kier molecular flexibility index (Phi) is 9.82. The van der Waals surface area contributed by atoms with E-state index in [1.807, 2.05) is 0 Å². The number of ketones is 1. The molecule has 3 fully saturated rings. The van der Waals surface area contributed by atoms with Gasteiger partial charge in [0.05, 0.1) is 13.2 Å². The van der Waals surface area contributed by atoms with Gasteiger partial charge in [0.2, 0.25) is 23.5 Å². The Bertz CT molecular complexity index is 982. The van der Waals surface area contributed by atoms with Gasteiger partial charge in [-0.05, 0) is 56.3 Å². The Morgan fingerprint density at radius 2 is 1.62 bits per heavy atom. The first-order valence-electron chi connectivity index (χ1n) is 14.2. The molecule has 1 heterocycles. The summed E-state index contributed by atoms with van der Waals surface area (Å²) >= 11 is 0. The van der Waals surface area contributed by atoms with E-state index in [4.69, 9.17) is 4.74 Å². The normalized spacial score (nSPS) is 22.3. The number of halogens is 2. The molecule has 0 aromatic rings. The van der Waals surface area contributed by atoms with Crippen molar-refractivity contribution in [1.82, 2.24) is 20.9 Å². The number of hydrogen-bond donors (Lipinski definition) is 3. The Morgan fingerprint density at radius 3 is 2.15 bits per heavy atom. The van der Waals surface area contributed by atoms with E-state index in [9.17, 15) is 32.8 Å². The molecule has 0 aromatic carbocycles. The quantitative estimate of drug-likeness (QED) is 0.346. The number of nitrogens with one attached hydrogen (secondary N) is 3. The van der Waals surface area contributed by atoms with Gasteiger partial charge in [-0.15, -0.1) is 0 Å². The van der Waals surface area contributed by atoms with Crippen LogP contribution in [0, 0.1) is 10.8 Å². The van der Waals surface area contributed by atoms with Crippen molar-refractivity contribution in [3.8, 4) is 0 Å². The van der Waals surface area contributed by atoms with Crippen molar-refractivity contribution in [1.29, 1.82) is 0 Å². The van der Waals surface area contributed by atoms with E-state index < -0.39 is 71.9 Å². The Morgan fingerprint density at radius 1 is 1.00 bits per heavy atom. The highest BCUT2D eigenvalue weighted by Gasteiger charge is 2.51. The fourth-order valence-corrected chi connectivity index (χ4v) is 5.75. The fraction of sp³-hybridized carbons (Fsp3) is 0.821. The number of methoxy groups -OCH3 is 1. The summed E-state index contributed by atoms with van der Waals surface area (Å²) in [4.78, 5) is 66.7. The van der Waals surface area contributed by atoms with Gasteiger partial charge in [-0.3, -0.25) is 19.2 Å². The van der Waals surface area contributed by atoms with E-state index in [0.717, 1.165) is 44.9 Å². The highest BCUT2D eigenvalue weighted by molar-refractivity contribution is 6.38. The van der Waals surface area contributed by atoms with Crippen LogP contribution in [0.1, 0.15) is 91.9 Å². The third-order valence-corrected chi connectivity index (χ3v) is 8.21. The zero-order valence-electron chi connectivity index (χ0n) is 24.2. The van der Waals surface area contributed by atoms with Gasteiger partial charge in [0.15, 0.2) is 0 Å². The van der Waals surface area contributed by atoms with Gasteiger partial charge in [0.25, 0.3) is 5.91 Å². The highest BCUT2D eigenvalue weighted by atomic mass is 19.3. The molecule has 4 amide bonds. The number of carbonyl (C=O) groups excluding carboxylic acids is 5. The summed E-state index contributed by atoms with van der Waals surface area (Å²) in [6.07, 6.45) is 4.50. The number of hydrogen-bond acceptors (Lipinski definition) is 6. The first-order valence-corrected chi connectivity index (χ1v) is 14.2. The molecule has 3 aliphatic rings. The van der Waals surface area contributed by atoms with Crippen LogP contribution in [-0.2, 0) is 23.9 Å². The SMILES string of the molecule is COC(=O)N[C@H](C(=O)N1CC2(CCCCC2)C[C@H]1C(=O)N[C@@H](CCC(C)(F)F)C(=O)C(=O)NC1CC1)C(C)(C)C. The third kappa shape index (κ3) is 8.36. The predicted molar refractivity (Wildman–Crippen MR) is 142 cm³/mol. The Labute approximate surface area is 234 Å². The summed E-state index contributed by atoms with van der Waals surface area (Å²) < 4.78 is 32.2. The lowest BCUT2D eigenvalue weighted by atomic mass is 9.72. The van der Waals surface area contributed by atoms with Crippen molar-refractivity contribution >= 4 is 29.6 Å². The van der Waals surface area contributed by atoms with Crippen LogP contribution in [-0.4, -0.2) is 78.2 Å². The van der Waals surface area contributed by atoms with Gasteiger partial charge in [-0.1, -0.05) is 40.0 Å². The summed E-state index contributed by atoms with van der Waals surface area (Å²) in [6.45, 7) is 6.36. The second-order valence-electron chi connectivity index (χ2n) is 13.0. The second kappa shape index (κ2) is 12.4. The third-order valence-electron chi connectivity index (χ3n) is 8.21. The van der Waals surface area contributed by atoms with Gasteiger partial charge < -0.3 is 25.6 Å². The molecule has 0 unspecified atom stereocenters. The molecule has 3 N–H and O–H groups in total. The summed E-state index contributed by atoms with van der Waals surface area (Å²) in [5.41, 5.74) is -1.02. The molecule has 0 aromatic heterocycles. The molecular formula is C28H44F2N4O6. The summed E-state index contributed by atoms with van der Waals surface area (Å²) in [6, 6.07) is -3.57. The molecule has 10 nitrogen and oxygen atoms in total. The summed E-state index contributed by atoms with van der Waals surface area (Å²) in [5, 5.41) is 7.71. The second-order valence-corrected chi connectivity index (χ2v) is 13.0. The number of ether oxygens (including phenoxy) is 1. The molecule has 3 atom stereocenters. The average Bonchev–Trinajstić information content (AvgIpc) is 3.61. The number of Topliss-reactive ketones (excluding diaryl/α,β-unsaturated/α-hetero) is 1. The summed E-state index contributed by atoms with van der Waals surface area (Å²) in [7, 11) is 1.19. The van der Waals surface area contributed by atoms with Crippen LogP contribution >= 0.6 is 0 Å². The lowest BCUT2D eigenvalue weighted by molar-refractivity contribution is -0.144. The van der Waals surface area contributed by atoms with E-state index in [1.165, 1.54) is 12.0 Å². The topological polar surface area (TPSA) is 134 Å². The predicted octanol–water partition coefficient (Wildman–Crippen LogP) is 3.08. The van der Waals surface area contributed by atoms with Gasteiger partial charge in [-0.25, -0.2) is 13.6 Å². The van der Waals surface area contributed by atoms with Crippen molar-refractivity contribution in [3.63, 3.8) is 0 Å². The molecule has 0 bridgehead atoms. The highest BCUT2D eigenvalue weighted by Crippen LogP contribution is 2.47. The first kappa shape index (κ1) is 31.7. The maximum atomic E-state index is 13.9. The van der Waals surface area contributed by atoms with E-state index in [0.29, 0.717) is 19.9 Å². The fourth-order valence-electron chi connectivity index (χ4n) is 5.75. The van der Waals surface area contributed by atoms with Crippen LogP contribution in [0.4, 0.5) is 13.6 Å². The minimum atomic E-state index is -3.10. The summed E-state index contributed by atoms with van der Waals surface area (Å²) in [5.74, 6) is -6.12. The largest absolute Gasteiger partial charge is 0.453 e. The lowest BCUT2D eigenvalue weighted by Crippen LogP contribution is -2.59. The van der Waals surface area contributed by atoms with Crippen LogP contribution < -0.4 is 16.0 Å². The molecular weight excluding hydrogens is 526 g/mol. The van der Waals surface area contributed by atoms with E-state index in [1.54, 1.807) is 20.8 Å². The number of alkyl carbamates (subject to hydrolysis) is 1.